The van der Waals surface area contributed by atoms with Crippen LogP contribution >= 0.6 is 0 Å². The van der Waals surface area contributed by atoms with E-state index in [1.807, 2.05) is 0 Å². The molecule has 0 saturated carbocycles. The van der Waals surface area contributed by atoms with Gasteiger partial charge in [-0.2, -0.15) is 0 Å². The number of carbonyl (C=O) groups is 2. The lowest BCUT2D eigenvalue weighted by Crippen LogP contribution is -2.28. The fourth-order valence-electron chi connectivity index (χ4n) is 2.18. The summed E-state index contributed by atoms with van der Waals surface area (Å²) in [6.45, 7) is 7.59. The highest BCUT2D eigenvalue weighted by Crippen LogP contribution is 2.29. The number of carbonyl (C=O) groups excluding carboxylic acids is 2. The van der Waals surface area contributed by atoms with Gasteiger partial charge >= 0.3 is 5.97 Å². The molecule has 4 nitrogen and oxygen atoms in total. The fourth-order valence-corrected chi connectivity index (χ4v) is 2.18. The zero-order valence-electron chi connectivity index (χ0n) is 10.5. The Labute approximate surface area is 112 Å². The summed E-state index contributed by atoms with van der Waals surface area (Å²) in [5, 5.41) is 0. The van der Waals surface area contributed by atoms with Gasteiger partial charge in [0.25, 0.3) is 0 Å². The third-order valence-electron chi connectivity index (χ3n) is 3.14. The number of esters is 1. The first kappa shape index (κ1) is 13.1. The summed E-state index contributed by atoms with van der Waals surface area (Å²) in [6.07, 6.45) is 3.44. The highest BCUT2D eigenvalue weighted by atomic mass is 16.5. The molecular formula is C15H15NO3. The largest absolute Gasteiger partial charge is 0.431 e. The van der Waals surface area contributed by atoms with Crippen molar-refractivity contribution < 1.29 is 14.3 Å². The smallest absolute Gasteiger partial charge is 0.345 e. The van der Waals surface area contributed by atoms with Gasteiger partial charge in [-0.1, -0.05) is 24.8 Å². The maximum absolute atomic E-state index is 12.2. The normalized spacial score (nSPS) is 18.2. The number of amides is 1. The number of ether oxygens (including phenoxy) is 1. The van der Waals surface area contributed by atoms with Crippen LogP contribution in [0.2, 0.25) is 0 Å². The molecule has 1 unspecified atom stereocenters. The van der Waals surface area contributed by atoms with E-state index in [0.717, 1.165) is 6.26 Å². The van der Waals surface area contributed by atoms with Crippen molar-refractivity contribution in [2.24, 2.45) is 5.92 Å². The van der Waals surface area contributed by atoms with E-state index >= 15 is 0 Å². The Morgan fingerprint density at radius 3 is 2.74 bits per heavy atom. The van der Waals surface area contributed by atoms with Gasteiger partial charge in [0.1, 0.15) is 0 Å². The average Bonchev–Trinajstić information content (AvgIpc) is 2.80. The van der Waals surface area contributed by atoms with Gasteiger partial charge in [0.2, 0.25) is 5.91 Å². The Balaban J connectivity index is 2.35. The first-order valence-corrected chi connectivity index (χ1v) is 6.04. The molecule has 0 bridgehead atoms. The number of nitrogens with zero attached hydrogens (tertiary/aromatic N) is 1. The molecule has 1 aliphatic rings. The first-order chi connectivity index (χ1) is 9.19. The van der Waals surface area contributed by atoms with Crippen LogP contribution in [0.15, 0.2) is 49.8 Å². The Morgan fingerprint density at radius 1 is 1.37 bits per heavy atom. The van der Waals surface area contributed by atoms with Crippen LogP contribution < -0.4 is 4.90 Å². The number of rotatable bonds is 4. The van der Waals surface area contributed by atoms with Crippen molar-refractivity contribution in [1.29, 1.82) is 0 Å². The summed E-state index contributed by atoms with van der Waals surface area (Å²) in [7, 11) is 0. The van der Waals surface area contributed by atoms with E-state index in [1.165, 1.54) is 0 Å². The minimum Gasteiger partial charge on any atom is -0.431 e. The highest BCUT2D eigenvalue weighted by Gasteiger charge is 2.32. The van der Waals surface area contributed by atoms with Crippen LogP contribution in [0.5, 0.6) is 0 Å². The maximum Gasteiger partial charge on any atom is 0.345 e. The van der Waals surface area contributed by atoms with Crippen molar-refractivity contribution in [2.45, 2.75) is 6.42 Å². The van der Waals surface area contributed by atoms with Crippen molar-refractivity contribution >= 4 is 17.6 Å². The molecule has 1 aromatic carbocycles. The number of benzene rings is 1. The van der Waals surface area contributed by atoms with E-state index in [1.54, 1.807) is 35.2 Å². The molecule has 1 saturated heterocycles. The predicted octanol–water partition coefficient (Wildman–Crippen LogP) is 2.53. The summed E-state index contributed by atoms with van der Waals surface area (Å²) >= 11 is 0. The lowest BCUT2D eigenvalue weighted by molar-refractivity contribution is -0.119. The van der Waals surface area contributed by atoms with Crippen LogP contribution in [0.1, 0.15) is 16.8 Å². The van der Waals surface area contributed by atoms with Crippen molar-refractivity contribution in [3.8, 4) is 0 Å². The van der Waals surface area contributed by atoms with Crippen molar-refractivity contribution in [3.05, 3.63) is 55.3 Å². The summed E-state index contributed by atoms with van der Waals surface area (Å²) in [5.74, 6) is -0.724. The second kappa shape index (κ2) is 5.52. The molecule has 1 heterocycles. The molecule has 2 rings (SSSR count). The van der Waals surface area contributed by atoms with Crippen LogP contribution in [0, 0.1) is 5.92 Å². The van der Waals surface area contributed by atoms with Crippen molar-refractivity contribution in [2.75, 3.05) is 11.4 Å². The molecule has 4 heteroatoms. The quantitative estimate of drug-likeness (QED) is 0.473. The van der Waals surface area contributed by atoms with E-state index in [9.17, 15) is 9.59 Å². The second-order valence-corrected chi connectivity index (χ2v) is 4.21. The van der Waals surface area contributed by atoms with Gasteiger partial charge in [-0.3, -0.25) is 4.79 Å². The molecule has 1 atom stereocenters. The molecule has 0 aliphatic carbocycles. The molecule has 0 spiro atoms. The standard InChI is InChI=1S/C15H15NO3/c1-3-11-9-10-16(14(11)17)13-8-6-5-7-12(13)15(18)19-4-2/h3-8,11H,1-2,9-10H2. The molecule has 1 aliphatic heterocycles. The second-order valence-electron chi connectivity index (χ2n) is 4.21. The van der Waals surface area contributed by atoms with Crippen LogP contribution in [0.4, 0.5) is 5.69 Å². The number of hydrogen-bond donors (Lipinski definition) is 0. The lowest BCUT2D eigenvalue weighted by atomic mass is 10.1. The van der Waals surface area contributed by atoms with Gasteiger partial charge in [0, 0.05) is 6.54 Å². The summed E-state index contributed by atoms with van der Waals surface area (Å²) in [5.41, 5.74) is 0.934. The van der Waals surface area contributed by atoms with E-state index in [4.69, 9.17) is 4.74 Å². The predicted molar refractivity (Wildman–Crippen MR) is 72.7 cm³/mol. The van der Waals surface area contributed by atoms with Crippen molar-refractivity contribution in [3.63, 3.8) is 0 Å². The Hall–Kier alpha value is -2.36. The molecule has 1 aromatic rings. The van der Waals surface area contributed by atoms with E-state index in [2.05, 4.69) is 13.2 Å². The maximum atomic E-state index is 12.2. The van der Waals surface area contributed by atoms with Gasteiger partial charge in [-0.15, -0.1) is 6.58 Å². The summed E-state index contributed by atoms with van der Waals surface area (Å²) < 4.78 is 4.78. The third kappa shape index (κ3) is 2.42. The minimum atomic E-state index is -0.513. The van der Waals surface area contributed by atoms with Crippen molar-refractivity contribution in [1.82, 2.24) is 0 Å². The Bertz CT molecular complexity index is 536. The van der Waals surface area contributed by atoms with Crippen LogP contribution in [0.25, 0.3) is 0 Å². The van der Waals surface area contributed by atoms with Gasteiger partial charge in [-0.25, -0.2) is 4.79 Å². The van der Waals surface area contributed by atoms with E-state index in [-0.39, 0.29) is 11.8 Å². The zero-order chi connectivity index (χ0) is 13.8. The highest BCUT2D eigenvalue weighted by molar-refractivity contribution is 6.04. The van der Waals surface area contributed by atoms with Gasteiger partial charge in [0.05, 0.1) is 23.4 Å². The number of para-hydroxylation sites is 1. The average molecular weight is 257 g/mol. The van der Waals surface area contributed by atoms with Gasteiger partial charge in [0.15, 0.2) is 0 Å². The first-order valence-electron chi connectivity index (χ1n) is 6.04. The Kier molecular flexibility index (Phi) is 3.80. The summed E-state index contributed by atoms with van der Waals surface area (Å²) in [6, 6.07) is 6.89. The SMILES string of the molecule is C=COC(=O)c1ccccc1N1CCC(C=C)C1=O. The van der Waals surface area contributed by atoms with E-state index < -0.39 is 5.97 Å². The molecule has 1 amide bonds. The minimum absolute atomic E-state index is 0.0335. The third-order valence-corrected chi connectivity index (χ3v) is 3.14. The van der Waals surface area contributed by atoms with Crippen LogP contribution in [-0.4, -0.2) is 18.4 Å². The summed E-state index contributed by atoms with van der Waals surface area (Å²) in [4.78, 5) is 25.6. The molecule has 0 N–H and O–H groups in total. The van der Waals surface area contributed by atoms with E-state index in [0.29, 0.717) is 24.2 Å². The topological polar surface area (TPSA) is 46.6 Å². The van der Waals surface area contributed by atoms with Gasteiger partial charge in [-0.05, 0) is 18.6 Å². The molecule has 0 aromatic heterocycles. The molecule has 19 heavy (non-hydrogen) atoms. The monoisotopic (exact) mass is 257 g/mol. The molecule has 98 valence electrons. The lowest BCUT2D eigenvalue weighted by Gasteiger charge is -2.19. The van der Waals surface area contributed by atoms with Crippen LogP contribution in [-0.2, 0) is 9.53 Å². The number of anilines is 1. The van der Waals surface area contributed by atoms with Gasteiger partial charge < -0.3 is 9.64 Å². The fraction of sp³-hybridized carbons (Fsp3) is 0.200. The molecule has 0 radical (unpaired) electrons. The van der Waals surface area contributed by atoms with Crippen LogP contribution in [0.3, 0.4) is 0 Å². The zero-order valence-corrected chi connectivity index (χ0v) is 10.5. The molecular weight excluding hydrogens is 242 g/mol. The number of hydrogen-bond acceptors (Lipinski definition) is 3. The Morgan fingerprint density at radius 2 is 2.11 bits per heavy atom. The molecule has 1 fully saturated rings.